The van der Waals surface area contributed by atoms with E-state index in [1.165, 1.54) is 6.07 Å². The van der Waals surface area contributed by atoms with Gasteiger partial charge in [-0.15, -0.1) is 11.6 Å². The first kappa shape index (κ1) is 14.2. The summed E-state index contributed by atoms with van der Waals surface area (Å²) < 4.78 is 0. The number of hydrogen-bond donors (Lipinski definition) is 0. The summed E-state index contributed by atoms with van der Waals surface area (Å²) in [7, 11) is 0. The van der Waals surface area contributed by atoms with E-state index in [1.807, 2.05) is 0 Å². The van der Waals surface area contributed by atoms with Crippen LogP contribution in [0.1, 0.15) is 6.42 Å². The Balaban J connectivity index is 2.56. The minimum Gasteiger partial charge on any atom is -0.300 e. The quantitative estimate of drug-likeness (QED) is 0.480. The fourth-order valence-corrected chi connectivity index (χ4v) is 2.40. The number of carbonyl (C=O) groups excluding carboxylic acids is 1. The molecule has 2 rings (SSSR count). The lowest BCUT2D eigenvalue weighted by atomic mass is 10.1. The molecule has 0 aliphatic carbocycles. The largest absolute Gasteiger partial charge is 0.300 e. The Morgan fingerprint density at radius 2 is 1.80 bits per heavy atom. The first-order chi connectivity index (χ1) is 9.45. The number of nitrogens with zero attached hydrogens (tertiary/aromatic N) is 3. The number of alkyl halides is 1. The number of nitro benzene ring substituents is 2. The number of para-hydroxylation sites is 1. The Kier molecular flexibility index (Phi) is 3.84. The summed E-state index contributed by atoms with van der Waals surface area (Å²) in [6.45, 7) is 0.147. The van der Waals surface area contributed by atoms with E-state index >= 15 is 0 Å². The van der Waals surface area contributed by atoms with Crippen molar-refractivity contribution in [3.05, 3.63) is 38.4 Å². The monoisotopic (exact) mass is 299 g/mol. The number of halogens is 1. The molecule has 9 heteroatoms. The molecule has 1 saturated heterocycles. The second-order valence-corrected chi connectivity index (χ2v) is 4.70. The van der Waals surface area contributed by atoms with Crippen LogP contribution in [0.25, 0.3) is 0 Å². The molecule has 1 atom stereocenters. The van der Waals surface area contributed by atoms with Gasteiger partial charge in [0.15, 0.2) is 0 Å². The molecule has 0 N–H and O–H groups in total. The van der Waals surface area contributed by atoms with Crippen LogP contribution >= 0.6 is 11.6 Å². The molecule has 1 fully saturated rings. The van der Waals surface area contributed by atoms with Crippen molar-refractivity contribution in [2.24, 2.45) is 5.92 Å². The average molecular weight is 300 g/mol. The summed E-state index contributed by atoms with van der Waals surface area (Å²) in [4.78, 5) is 33.6. The van der Waals surface area contributed by atoms with Gasteiger partial charge in [-0.3, -0.25) is 25.0 Å². The number of benzene rings is 1. The third kappa shape index (κ3) is 2.42. The third-order valence-corrected chi connectivity index (χ3v) is 3.52. The molecule has 1 aliphatic heterocycles. The van der Waals surface area contributed by atoms with E-state index in [1.54, 1.807) is 0 Å². The Morgan fingerprint density at radius 1 is 1.25 bits per heavy atom. The molecule has 1 heterocycles. The maximum atomic E-state index is 11.9. The number of rotatable bonds is 4. The van der Waals surface area contributed by atoms with Gasteiger partial charge in [0, 0.05) is 31.0 Å². The molecule has 0 bridgehead atoms. The average Bonchev–Trinajstić information content (AvgIpc) is 2.78. The van der Waals surface area contributed by atoms with Crippen LogP contribution in [0.3, 0.4) is 0 Å². The standard InChI is InChI=1S/C11H10ClN3O5/c12-5-7-4-10(16)13(6-7)11-8(14(17)18)2-1-3-9(11)15(19)20/h1-3,7H,4-6H2. The van der Waals surface area contributed by atoms with Gasteiger partial charge in [0.05, 0.1) is 9.85 Å². The molecule has 0 spiro atoms. The topological polar surface area (TPSA) is 107 Å². The fourth-order valence-electron chi connectivity index (χ4n) is 2.19. The predicted octanol–water partition coefficient (Wildman–Crippen LogP) is 2.09. The smallest absolute Gasteiger partial charge is 0.300 e. The minimum absolute atomic E-state index is 0.132. The molecule has 1 aromatic rings. The highest BCUT2D eigenvalue weighted by Gasteiger charge is 2.38. The Labute approximate surface area is 118 Å². The lowest BCUT2D eigenvalue weighted by Gasteiger charge is -2.16. The summed E-state index contributed by atoms with van der Waals surface area (Å²) in [5, 5.41) is 22.1. The van der Waals surface area contributed by atoms with Gasteiger partial charge in [0.25, 0.3) is 11.4 Å². The van der Waals surface area contributed by atoms with Crippen molar-refractivity contribution in [3.8, 4) is 0 Å². The Hall–Kier alpha value is -2.22. The highest BCUT2D eigenvalue weighted by atomic mass is 35.5. The van der Waals surface area contributed by atoms with E-state index in [9.17, 15) is 25.0 Å². The summed E-state index contributed by atoms with van der Waals surface area (Å²) >= 11 is 5.68. The molecule has 1 aromatic carbocycles. The van der Waals surface area contributed by atoms with Crippen molar-refractivity contribution >= 4 is 34.6 Å². The molecular formula is C11H10ClN3O5. The molecule has 20 heavy (non-hydrogen) atoms. The van der Waals surface area contributed by atoms with Crippen molar-refractivity contribution in [1.82, 2.24) is 0 Å². The maximum absolute atomic E-state index is 11.9. The lowest BCUT2D eigenvalue weighted by Crippen LogP contribution is -2.26. The lowest BCUT2D eigenvalue weighted by molar-refractivity contribution is -0.392. The molecule has 1 unspecified atom stereocenters. The van der Waals surface area contributed by atoms with Crippen molar-refractivity contribution in [3.63, 3.8) is 0 Å². The zero-order chi connectivity index (χ0) is 14.9. The summed E-state index contributed by atoms with van der Waals surface area (Å²) in [6.07, 6.45) is 0.132. The van der Waals surface area contributed by atoms with Gasteiger partial charge in [-0.05, 0) is 12.0 Å². The van der Waals surface area contributed by atoms with Gasteiger partial charge in [0.2, 0.25) is 11.6 Å². The van der Waals surface area contributed by atoms with Crippen molar-refractivity contribution in [2.75, 3.05) is 17.3 Å². The molecule has 106 valence electrons. The molecule has 1 aliphatic rings. The first-order valence-electron chi connectivity index (χ1n) is 5.73. The van der Waals surface area contributed by atoms with E-state index in [4.69, 9.17) is 11.6 Å². The molecular weight excluding hydrogens is 290 g/mol. The number of anilines is 1. The molecule has 0 saturated carbocycles. The summed E-state index contributed by atoms with van der Waals surface area (Å²) in [5.41, 5.74) is -1.18. The van der Waals surface area contributed by atoms with E-state index < -0.39 is 27.1 Å². The van der Waals surface area contributed by atoms with Crippen LogP contribution in [0.5, 0.6) is 0 Å². The van der Waals surface area contributed by atoms with Gasteiger partial charge in [0.1, 0.15) is 0 Å². The first-order valence-corrected chi connectivity index (χ1v) is 6.27. The van der Waals surface area contributed by atoms with E-state index in [2.05, 4.69) is 0 Å². The van der Waals surface area contributed by atoms with Crippen LogP contribution in [-0.4, -0.2) is 28.2 Å². The van der Waals surface area contributed by atoms with Gasteiger partial charge in [-0.2, -0.15) is 0 Å². The van der Waals surface area contributed by atoms with Crippen molar-refractivity contribution < 1.29 is 14.6 Å². The fraction of sp³-hybridized carbons (Fsp3) is 0.364. The van der Waals surface area contributed by atoms with Crippen LogP contribution < -0.4 is 4.90 Å². The molecule has 0 radical (unpaired) electrons. The van der Waals surface area contributed by atoms with Gasteiger partial charge in [-0.1, -0.05) is 0 Å². The highest BCUT2D eigenvalue weighted by molar-refractivity contribution is 6.18. The third-order valence-electron chi connectivity index (χ3n) is 3.08. The number of hydrogen-bond acceptors (Lipinski definition) is 5. The number of amides is 1. The zero-order valence-corrected chi connectivity index (χ0v) is 10.9. The highest BCUT2D eigenvalue weighted by Crippen LogP contribution is 2.40. The molecule has 0 aromatic heterocycles. The van der Waals surface area contributed by atoms with Gasteiger partial charge in [-0.25, -0.2) is 0 Å². The van der Waals surface area contributed by atoms with Crippen LogP contribution in [0, 0.1) is 26.1 Å². The van der Waals surface area contributed by atoms with Gasteiger partial charge < -0.3 is 4.90 Å². The Morgan fingerprint density at radius 3 is 2.20 bits per heavy atom. The van der Waals surface area contributed by atoms with Gasteiger partial charge >= 0.3 is 0 Å². The molecule has 1 amide bonds. The van der Waals surface area contributed by atoms with Crippen LogP contribution in [0.15, 0.2) is 18.2 Å². The van der Waals surface area contributed by atoms with E-state index in [0.717, 1.165) is 17.0 Å². The second kappa shape index (κ2) is 5.41. The zero-order valence-electron chi connectivity index (χ0n) is 10.2. The normalized spacial score (nSPS) is 18.4. The maximum Gasteiger partial charge on any atom is 0.300 e. The number of nitro groups is 2. The van der Waals surface area contributed by atoms with Crippen molar-refractivity contribution in [2.45, 2.75) is 6.42 Å². The second-order valence-electron chi connectivity index (χ2n) is 4.39. The van der Waals surface area contributed by atoms with Crippen LogP contribution in [0.2, 0.25) is 0 Å². The van der Waals surface area contributed by atoms with E-state index in [0.29, 0.717) is 0 Å². The number of carbonyl (C=O) groups is 1. The van der Waals surface area contributed by atoms with E-state index in [-0.39, 0.29) is 30.5 Å². The van der Waals surface area contributed by atoms with Crippen LogP contribution in [-0.2, 0) is 4.79 Å². The minimum atomic E-state index is -0.733. The molecule has 8 nitrogen and oxygen atoms in total. The summed E-state index contributed by atoms with van der Waals surface area (Å²) in [6, 6.07) is 3.51. The Bertz CT molecular complexity index is 559. The van der Waals surface area contributed by atoms with Crippen molar-refractivity contribution in [1.29, 1.82) is 0 Å². The summed E-state index contributed by atoms with van der Waals surface area (Å²) in [5.74, 6) is -0.340. The predicted molar refractivity (Wildman–Crippen MR) is 70.9 cm³/mol. The van der Waals surface area contributed by atoms with Crippen LogP contribution in [0.4, 0.5) is 17.1 Å². The SMILES string of the molecule is O=C1CC(CCl)CN1c1c([N+](=O)[O-])cccc1[N+](=O)[O-].